The minimum Gasteiger partial charge on any atom is -0.380 e. The van der Waals surface area contributed by atoms with Crippen LogP contribution in [0.1, 0.15) is 6.42 Å². The SMILES string of the molecule is Fc1cccc(F)c1NCCCNc1c(F)cccc1F. The van der Waals surface area contributed by atoms with Crippen LogP contribution in [-0.2, 0) is 0 Å². The molecule has 0 unspecified atom stereocenters. The lowest BCUT2D eigenvalue weighted by Gasteiger charge is -2.10. The van der Waals surface area contributed by atoms with E-state index in [1.165, 1.54) is 12.1 Å². The Bertz CT molecular complexity index is 523. The molecule has 0 bridgehead atoms. The topological polar surface area (TPSA) is 24.1 Å². The predicted molar refractivity (Wildman–Crippen MR) is 74.3 cm³/mol. The second kappa shape index (κ2) is 6.97. The van der Waals surface area contributed by atoms with Gasteiger partial charge in [0.25, 0.3) is 0 Å². The Kier molecular flexibility index (Phi) is 5.03. The van der Waals surface area contributed by atoms with E-state index in [0.29, 0.717) is 6.42 Å². The molecule has 2 nitrogen and oxygen atoms in total. The quantitative estimate of drug-likeness (QED) is 0.618. The fraction of sp³-hybridized carbons (Fsp3) is 0.200. The van der Waals surface area contributed by atoms with Gasteiger partial charge in [-0.3, -0.25) is 0 Å². The first-order valence-corrected chi connectivity index (χ1v) is 6.45. The third-order valence-corrected chi connectivity index (χ3v) is 2.88. The van der Waals surface area contributed by atoms with E-state index in [1.807, 2.05) is 0 Å². The minimum absolute atomic E-state index is 0.199. The number of halogens is 4. The van der Waals surface area contributed by atoms with Crippen molar-refractivity contribution in [3.05, 3.63) is 59.7 Å². The summed E-state index contributed by atoms with van der Waals surface area (Å²) < 4.78 is 53.3. The molecule has 0 spiro atoms. The second-order valence-corrected chi connectivity index (χ2v) is 4.40. The van der Waals surface area contributed by atoms with Gasteiger partial charge in [-0.2, -0.15) is 0 Å². The van der Waals surface area contributed by atoms with E-state index in [2.05, 4.69) is 10.6 Å². The van der Waals surface area contributed by atoms with Crippen LogP contribution in [0, 0.1) is 23.3 Å². The molecule has 6 heteroatoms. The van der Waals surface area contributed by atoms with Gasteiger partial charge in [0.05, 0.1) is 0 Å². The van der Waals surface area contributed by atoms with Crippen LogP contribution in [0.4, 0.5) is 28.9 Å². The van der Waals surface area contributed by atoms with E-state index >= 15 is 0 Å². The molecule has 0 aromatic heterocycles. The molecular formula is C15H14F4N2. The van der Waals surface area contributed by atoms with Gasteiger partial charge < -0.3 is 10.6 Å². The van der Waals surface area contributed by atoms with Gasteiger partial charge in [0.15, 0.2) is 0 Å². The van der Waals surface area contributed by atoms with Crippen molar-refractivity contribution in [1.82, 2.24) is 0 Å². The number of hydrogen-bond donors (Lipinski definition) is 2. The Balaban J connectivity index is 1.81. The minimum atomic E-state index is -0.678. The first-order chi connectivity index (χ1) is 10.1. The number of benzene rings is 2. The van der Waals surface area contributed by atoms with E-state index in [4.69, 9.17) is 0 Å². The van der Waals surface area contributed by atoms with E-state index in [0.717, 1.165) is 24.3 Å². The zero-order chi connectivity index (χ0) is 15.2. The van der Waals surface area contributed by atoms with E-state index in [9.17, 15) is 17.6 Å². The van der Waals surface area contributed by atoms with Gasteiger partial charge in [0.2, 0.25) is 0 Å². The van der Waals surface area contributed by atoms with Crippen LogP contribution in [0.25, 0.3) is 0 Å². The van der Waals surface area contributed by atoms with E-state index in [-0.39, 0.29) is 24.5 Å². The highest BCUT2D eigenvalue weighted by Gasteiger charge is 2.08. The van der Waals surface area contributed by atoms with Crippen molar-refractivity contribution in [3.8, 4) is 0 Å². The molecular weight excluding hydrogens is 284 g/mol. The van der Waals surface area contributed by atoms with Crippen LogP contribution in [0.15, 0.2) is 36.4 Å². The summed E-state index contributed by atoms with van der Waals surface area (Å²) in [7, 11) is 0. The fourth-order valence-electron chi connectivity index (χ4n) is 1.85. The highest BCUT2D eigenvalue weighted by atomic mass is 19.1. The maximum absolute atomic E-state index is 13.3. The maximum Gasteiger partial charge on any atom is 0.149 e. The molecule has 0 saturated carbocycles. The maximum atomic E-state index is 13.3. The Morgan fingerprint density at radius 1 is 0.619 bits per heavy atom. The molecule has 112 valence electrons. The van der Waals surface area contributed by atoms with Gasteiger partial charge in [-0.15, -0.1) is 0 Å². The number of rotatable bonds is 6. The average molecular weight is 298 g/mol. The Labute approximate surface area is 119 Å². The standard InChI is InChI=1S/C15H14F4N2/c16-10-4-1-5-11(17)14(10)20-8-3-9-21-15-12(18)6-2-7-13(15)19/h1-2,4-7,20-21H,3,8-9H2. The number of hydrogen-bond acceptors (Lipinski definition) is 2. The fourth-order valence-corrected chi connectivity index (χ4v) is 1.85. The molecule has 0 aliphatic rings. The van der Waals surface area contributed by atoms with E-state index in [1.54, 1.807) is 0 Å². The monoisotopic (exact) mass is 298 g/mol. The second-order valence-electron chi connectivity index (χ2n) is 4.40. The molecule has 0 radical (unpaired) electrons. The number of nitrogens with one attached hydrogen (secondary N) is 2. The van der Waals surface area contributed by atoms with Crippen LogP contribution in [0.5, 0.6) is 0 Å². The van der Waals surface area contributed by atoms with E-state index < -0.39 is 23.3 Å². The molecule has 21 heavy (non-hydrogen) atoms. The molecule has 0 heterocycles. The molecule has 0 amide bonds. The van der Waals surface area contributed by atoms with Crippen molar-refractivity contribution in [1.29, 1.82) is 0 Å². The summed E-state index contributed by atoms with van der Waals surface area (Å²) in [6, 6.07) is 7.16. The summed E-state index contributed by atoms with van der Waals surface area (Å²) in [6.45, 7) is 0.530. The third kappa shape index (κ3) is 3.87. The van der Waals surface area contributed by atoms with Crippen LogP contribution in [0.2, 0.25) is 0 Å². The summed E-state index contributed by atoms with van der Waals surface area (Å²) in [6.07, 6.45) is 0.432. The molecule has 0 aliphatic heterocycles. The lowest BCUT2D eigenvalue weighted by molar-refractivity contribution is 0.586. The summed E-state index contributed by atoms with van der Waals surface area (Å²) >= 11 is 0. The molecule has 2 aromatic carbocycles. The zero-order valence-electron chi connectivity index (χ0n) is 11.1. The summed E-state index contributed by atoms with van der Waals surface area (Å²) in [4.78, 5) is 0. The molecule has 2 rings (SSSR count). The van der Waals surface area contributed by atoms with Crippen molar-refractivity contribution in [3.63, 3.8) is 0 Å². The normalized spacial score (nSPS) is 10.5. The van der Waals surface area contributed by atoms with Crippen LogP contribution in [-0.4, -0.2) is 13.1 Å². The van der Waals surface area contributed by atoms with Gasteiger partial charge >= 0.3 is 0 Å². The van der Waals surface area contributed by atoms with Crippen molar-refractivity contribution < 1.29 is 17.6 Å². The molecule has 2 aromatic rings. The zero-order valence-corrected chi connectivity index (χ0v) is 11.1. The van der Waals surface area contributed by atoms with Crippen LogP contribution in [0.3, 0.4) is 0 Å². The largest absolute Gasteiger partial charge is 0.380 e. The third-order valence-electron chi connectivity index (χ3n) is 2.88. The average Bonchev–Trinajstić information content (AvgIpc) is 2.44. The number of para-hydroxylation sites is 2. The number of anilines is 2. The van der Waals surface area contributed by atoms with Crippen molar-refractivity contribution >= 4 is 11.4 Å². The summed E-state index contributed by atoms with van der Waals surface area (Å²) in [5.41, 5.74) is -0.399. The lowest BCUT2D eigenvalue weighted by atomic mass is 10.2. The van der Waals surface area contributed by atoms with Crippen molar-refractivity contribution in [2.24, 2.45) is 0 Å². The molecule has 2 N–H and O–H groups in total. The highest BCUT2D eigenvalue weighted by molar-refractivity contribution is 5.47. The predicted octanol–water partition coefficient (Wildman–Crippen LogP) is 4.16. The van der Waals surface area contributed by atoms with Crippen LogP contribution >= 0.6 is 0 Å². The van der Waals surface area contributed by atoms with Crippen molar-refractivity contribution in [2.75, 3.05) is 23.7 Å². The van der Waals surface area contributed by atoms with Gasteiger partial charge in [-0.05, 0) is 30.7 Å². The highest BCUT2D eigenvalue weighted by Crippen LogP contribution is 2.19. The molecule has 0 saturated heterocycles. The van der Waals surface area contributed by atoms with Crippen molar-refractivity contribution in [2.45, 2.75) is 6.42 Å². The van der Waals surface area contributed by atoms with Gasteiger partial charge in [0.1, 0.15) is 34.6 Å². The molecule has 0 atom stereocenters. The Hall–Kier alpha value is -2.24. The summed E-state index contributed by atoms with van der Waals surface area (Å²) in [5.74, 6) is -2.71. The summed E-state index contributed by atoms with van der Waals surface area (Å²) in [5, 5.41) is 5.24. The Morgan fingerprint density at radius 2 is 0.952 bits per heavy atom. The molecule has 0 aliphatic carbocycles. The lowest BCUT2D eigenvalue weighted by Crippen LogP contribution is -2.12. The van der Waals surface area contributed by atoms with Gasteiger partial charge in [0, 0.05) is 13.1 Å². The van der Waals surface area contributed by atoms with Gasteiger partial charge in [-0.25, -0.2) is 17.6 Å². The van der Waals surface area contributed by atoms with Gasteiger partial charge in [-0.1, -0.05) is 12.1 Å². The first-order valence-electron chi connectivity index (χ1n) is 6.45. The first kappa shape index (κ1) is 15.2. The molecule has 0 fully saturated rings. The van der Waals surface area contributed by atoms with Crippen LogP contribution < -0.4 is 10.6 Å². The smallest absolute Gasteiger partial charge is 0.149 e. The Morgan fingerprint density at radius 3 is 1.29 bits per heavy atom.